The minimum absolute atomic E-state index is 0.0402. The summed E-state index contributed by atoms with van der Waals surface area (Å²) < 4.78 is 0. The number of nitrogens with zero attached hydrogens (tertiary/aromatic N) is 5. The Morgan fingerprint density at radius 1 is 0.897 bits per heavy atom. The molecule has 2 saturated heterocycles. The summed E-state index contributed by atoms with van der Waals surface area (Å²) in [7, 11) is 0. The fourth-order valence-electron chi connectivity index (χ4n) is 5.53. The lowest BCUT2D eigenvalue weighted by Gasteiger charge is -2.36. The Kier molecular flexibility index (Phi) is 6.99. The third kappa shape index (κ3) is 5.11. The average Bonchev–Trinajstić information content (AvgIpc) is 3.30. The molecule has 2 aliphatic rings. The molecule has 1 amide bonds. The summed E-state index contributed by atoms with van der Waals surface area (Å²) in [6.07, 6.45) is 7.34. The molecule has 2 aliphatic heterocycles. The van der Waals surface area contributed by atoms with E-state index in [1.54, 1.807) is 18.6 Å². The van der Waals surface area contributed by atoms with E-state index in [0.29, 0.717) is 28.9 Å². The summed E-state index contributed by atoms with van der Waals surface area (Å²) in [6.45, 7) is 2.17. The van der Waals surface area contributed by atoms with E-state index >= 15 is 0 Å². The molecule has 4 aromatic rings. The Bertz CT molecular complexity index is 1490. The molecule has 0 atom stereocenters. The first-order valence-corrected chi connectivity index (χ1v) is 13.5. The molecule has 0 bridgehead atoms. The maximum absolute atomic E-state index is 13.5. The molecular weight excluding hydrogens is 512 g/mol. The molecule has 198 valence electrons. The number of benzene rings is 2. The molecule has 39 heavy (non-hydrogen) atoms. The van der Waals surface area contributed by atoms with E-state index in [1.165, 1.54) is 0 Å². The third-order valence-electron chi connectivity index (χ3n) is 7.80. The Morgan fingerprint density at radius 2 is 1.64 bits per heavy atom. The summed E-state index contributed by atoms with van der Waals surface area (Å²) in [5.41, 5.74) is 4.78. The number of hydrogen-bond acceptors (Lipinski definition) is 7. The van der Waals surface area contributed by atoms with Gasteiger partial charge in [0.1, 0.15) is 0 Å². The highest BCUT2D eigenvalue weighted by atomic mass is 35.5. The van der Waals surface area contributed by atoms with E-state index in [9.17, 15) is 9.90 Å². The standard InChI is InChI=1S/C30H29ClN6O2/c31-26-19-33-29(35-27(26)23-8-4-7-22(15-23)21-5-2-1-3-6-21)34-24-16-25(18-32-17-24)37-14-11-30(28(37)39)9-12-36(20-38)13-10-30/h1-8,15-19,38H,9-14,20H2,(H,33,34,35). The third-order valence-corrected chi connectivity index (χ3v) is 8.08. The van der Waals surface area contributed by atoms with Crippen LogP contribution in [0.4, 0.5) is 17.3 Å². The molecule has 0 unspecified atom stereocenters. The number of anilines is 3. The second-order valence-electron chi connectivity index (χ2n) is 10.1. The number of amides is 1. The zero-order chi connectivity index (χ0) is 26.8. The number of aliphatic hydroxyl groups excluding tert-OH is 1. The highest BCUT2D eigenvalue weighted by molar-refractivity contribution is 6.32. The molecule has 2 fully saturated rings. The molecule has 8 nitrogen and oxygen atoms in total. The van der Waals surface area contributed by atoms with Crippen LogP contribution in [-0.4, -0.2) is 57.2 Å². The van der Waals surface area contributed by atoms with Gasteiger partial charge in [-0.15, -0.1) is 0 Å². The van der Waals surface area contributed by atoms with Gasteiger partial charge in [0, 0.05) is 25.2 Å². The lowest BCUT2D eigenvalue weighted by atomic mass is 9.77. The fraction of sp³-hybridized carbons (Fsp3) is 0.267. The number of nitrogens with one attached hydrogen (secondary N) is 1. The van der Waals surface area contributed by atoms with E-state index < -0.39 is 0 Å². The van der Waals surface area contributed by atoms with Gasteiger partial charge in [-0.05, 0) is 42.5 Å². The van der Waals surface area contributed by atoms with Crippen LogP contribution in [0, 0.1) is 5.41 Å². The first-order chi connectivity index (χ1) is 19.0. The van der Waals surface area contributed by atoms with E-state index in [1.807, 2.05) is 46.2 Å². The van der Waals surface area contributed by atoms with Crippen molar-refractivity contribution in [2.45, 2.75) is 19.3 Å². The lowest BCUT2D eigenvalue weighted by molar-refractivity contribution is -0.128. The van der Waals surface area contributed by atoms with Crippen molar-refractivity contribution in [3.05, 3.63) is 84.3 Å². The van der Waals surface area contributed by atoms with Crippen LogP contribution in [-0.2, 0) is 4.79 Å². The normalized spacial score (nSPS) is 17.1. The van der Waals surface area contributed by atoms with Crippen LogP contribution >= 0.6 is 11.6 Å². The number of rotatable bonds is 6. The molecule has 9 heteroatoms. The van der Waals surface area contributed by atoms with E-state index in [-0.39, 0.29) is 18.1 Å². The average molecular weight is 541 g/mol. The van der Waals surface area contributed by atoms with E-state index in [0.717, 1.165) is 54.7 Å². The van der Waals surface area contributed by atoms with Crippen molar-refractivity contribution in [1.29, 1.82) is 0 Å². The van der Waals surface area contributed by atoms with Gasteiger partial charge >= 0.3 is 0 Å². The number of carbonyl (C=O) groups is 1. The predicted molar refractivity (Wildman–Crippen MR) is 153 cm³/mol. The molecule has 6 rings (SSSR count). The zero-order valence-corrected chi connectivity index (χ0v) is 22.2. The summed E-state index contributed by atoms with van der Waals surface area (Å²) >= 11 is 6.52. The van der Waals surface area contributed by atoms with Gasteiger partial charge in [-0.1, -0.05) is 60.1 Å². The van der Waals surface area contributed by atoms with E-state index in [2.05, 4.69) is 39.6 Å². The Morgan fingerprint density at radius 3 is 2.44 bits per heavy atom. The number of likely N-dealkylation sites (tertiary alicyclic amines) is 1. The minimum atomic E-state index is -0.350. The van der Waals surface area contributed by atoms with Crippen molar-refractivity contribution >= 4 is 34.8 Å². The molecule has 1 spiro atoms. The number of hydrogen-bond donors (Lipinski definition) is 2. The van der Waals surface area contributed by atoms with Crippen molar-refractivity contribution in [3.8, 4) is 22.4 Å². The van der Waals surface area contributed by atoms with Gasteiger partial charge < -0.3 is 15.3 Å². The van der Waals surface area contributed by atoms with Crippen molar-refractivity contribution in [1.82, 2.24) is 19.9 Å². The topological polar surface area (TPSA) is 94.5 Å². The maximum Gasteiger partial charge on any atom is 0.233 e. The maximum atomic E-state index is 13.5. The number of pyridine rings is 1. The highest BCUT2D eigenvalue weighted by Gasteiger charge is 2.48. The van der Waals surface area contributed by atoms with Gasteiger partial charge in [0.25, 0.3) is 0 Å². The summed E-state index contributed by atoms with van der Waals surface area (Å²) in [6, 6.07) is 20.2. The van der Waals surface area contributed by atoms with Crippen LogP contribution in [0.3, 0.4) is 0 Å². The summed E-state index contributed by atoms with van der Waals surface area (Å²) in [4.78, 5) is 30.8. The molecule has 0 aliphatic carbocycles. The molecule has 2 N–H and O–H groups in total. The SMILES string of the molecule is O=C1N(c2cncc(Nc3ncc(Cl)c(-c4cccc(-c5ccccc5)c4)n3)c2)CCC12CCN(CO)CC2. The largest absolute Gasteiger partial charge is 0.381 e. The quantitative estimate of drug-likeness (QED) is 0.339. The molecule has 2 aromatic carbocycles. The monoisotopic (exact) mass is 540 g/mol. The first-order valence-electron chi connectivity index (χ1n) is 13.1. The van der Waals surface area contributed by atoms with Crippen molar-refractivity contribution in [2.24, 2.45) is 5.41 Å². The smallest absolute Gasteiger partial charge is 0.233 e. The molecule has 0 saturated carbocycles. The Hall–Kier alpha value is -3.85. The van der Waals surface area contributed by atoms with Crippen LogP contribution in [0.15, 0.2) is 79.3 Å². The number of aromatic nitrogens is 3. The number of aliphatic hydroxyl groups is 1. The zero-order valence-electron chi connectivity index (χ0n) is 21.4. The number of piperidine rings is 1. The fourth-order valence-corrected chi connectivity index (χ4v) is 5.73. The second kappa shape index (κ2) is 10.7. The molecular formula is C30H29ClN6O2. The van der Waals surface area contributed by atoms with Gasteiger partial charge in [-0.3, -0.25) is 14.7 Å². The molecule has 2 aromatic heterocycles. The number of halogens is 1. The number of carbonyl (C=O) groups excluding carboxylic acids is 1. The van der Waals surface area contributed by atoms with Crippen LogP contribution in [0.5, 0.6) is 0 Å². The Balaban J connectivity index is 1.22. The van der Waals surface area contributed by atoms with Crippen molar-refractivity contribution in [2.75, 3.05) is 36.6 Å². The summed E-state index contributed by atoms with van der Waals surface area (Å²) in [5.74, 6) is 0.529. The lowest BCUT2D eigenvalue weighted by Crippen LogP contribution is -2.44. The van der Waals surface area contributed by atoms with Gasteiger partial charge in [-0.25, -0.2) is 9.97 Å². The van der Waals surface area contributed by atoms with Crippen molar-refractivity contribution in [3.63, 3.8) is 0 Å². The van der Waals surface area contributed by atoms with Gasteiger partial charge in [-0.2, -0.15) is 0 Å². The van der Waals surface area contributed by atoms with Crippen molar-refractivity contribution < 1.29 is 9.90 Å². The first kappa shape index (κ1) is 25.4. The van der Waals surface area contributed by atoms with E-state index in [4.69, 9.17) is 16.6 Å². The summed E-state index contributed by atoms with van der Waals surface area (Å²) in [5, 5.41) is 13.1. The Labute approximate surface area is 232 Å². The van der Waals surface area contributed by atoms with Crippen LogP contribution < -0.4 is 10.2 Å². The van der Waals surface area contributed by atoms with Gasteiger partial charge in [0.05, 0.1) is 52.8 Å². The second-order valence-corrected chi connectivity index (χ2v) is 10.5. The molecule has 4 heterocycles. The predicted octanol–water partition coefficient (Wildman–Crippen LogP) is 5.37. The van der Waals surface area contributed by atoms with Crippen LogP contribution in [0.25, 0.3) is 22.4 Å². The van der Waals surface area contributed by atoms with Gasteiger partial charge in [0.2, 0.25) is 11.9 Å². The van der Waals surface area contributed by atoms with Gasteiger partial charge in [0.15, 0.2) is 0 Å². The minimum Gasteiger partial charge on any atom is -0.381 e. The highest BCUT2D eigenvalue weighted by Crippen LogP contribution is 2.43. The molecule has 0 radical (unpaired) electrons. The van der Waals surface area contributed by atoms with Crippen LogP contribution in [0.2, 0.25) is 5.02 Å². The van der Waals surface area contributed by atoms with Crippen LogP contribution in [0.1, 0.15) is 19.3 Å².